The molecular formula is C21H21N7O3. The SMILES string of the molecule is CC(C)C(NC(=O)CCc1nc(-c2ccncc2)no1)c1nc(-c2cccnc2)no1. The van der Waals surface area contributed by atoms with Gasteiger partial charge in [-0.1, -0.05) is 24.2 Å². The Bertz CT molecular complexity index is 1130. The first-order valence-corrected chi connectivity index (χ1v) is 9.86. The van der Waals surface area contributed by atoms with E-state index in [0.717, 1.165) is 11.1 Å². The smallest absolute Gasteiger partial charge is 0.249 e. The monoisotopic (exact) mass is 419 g/mol. The molecule has 4 heterocycles. The summed E-state index contributed by atoms with van der Waals surface area (Å²) in [6.07, 6.45) is 7.14. The lowest BCUT2D eigenvalue weighted by Crippen LogP contribution is -2.32. The number of pyridine rings is 2. The molecule has 0 saturated carbocycles. The molecule has 4 rings (SSSR count). The molecule has 0 spiro atoms. The lowest BCUT2D eigenvalue weighted by molar-refractivity contribution is -0.122. The maximum Gasteiger partial charge on any atom is 0.249 e. The summed E-state index contributed by atoms with van der Waals surface area (Å²) < 4.78 is 10.7. The molecule has 4 aromatic rings. The molecule has 0 aliphatic carbocycles. The van der Waals surface area contributed by atoms with Crippen molar-refractivity contribution in [3.8, 4) is 22.8 Å². The van der Waals surface area contributed by atoms with E-state index in [0.29, 0.717) is 29.9 Å². The molecule has 0 fully saturated rings. The largest absolute Gasteiger partial charge is 0.344 e. The lowest BCUT2D eigenvalue weighted by atomic mass is 10.0. The molecule has 31 heavy (non-hydrogen) atoms. The average Bonchev–Trinajstić information content (AvgIpc) is 3.47. The zero-order valence-electron chi connectivity index (χ0n) is 17.1. The quantitative estimate of drug-likeness (QED) is 0.457. The maximum atomic E-state index is 12.5. The Morgan fingerprint density at radius 1 is 0.968 bits per heavy atom. The fraction of sp³-hybridized carbons (Fsp3) is 0.286. The third-order valence-electron chi connectivity index (χ3n) is 4.58. The van der Waals surface area contributed by atoms with Crippen LogP contribution in [-0.2, 0) is 11.2 Å². The van der Waals surface area contributed by atoms with Gasteiger partial charge in [-0.15, -0.1) is 0 Å². The molecule has 0 saturated heterocycles. The van der Waals surface area contributed by atoms with Crippen LogP contribution in [0, 0.1) is 5.92 Å². The van der Waals surface area contributed by atoms with Crippen LogP contribution in [0.1, 0.15) is 38.1 Å². The van der Waals surface area contributed by atoms with E-state index >= 15 is 0 Å². The molecule has 0 radical (unpaired) electrons. The van der Waals surface area contributed by atoms with Gasteiger partial charge in [0, 0.05) is 48.8 Å². The van der Waals surface area contributed by atoms with E-state index in [9.17, 15) is 4.79 Å². The van der Waals surface area contributed by atoms with Crippen molar-refractivity contribution in [2.75, 3.05) is 0 Å². The van der Waals surface area contributed by atoms with Gasteiger partial charge in [-0.05, 0) is 30.2 Å². The van der Waals surface area contributed by atoms with Gasteiger partial charge in [-0.2, -0.15) is 9.97 Å². The summed E-state index contributed by atoms with van der Waals surface area (Å²) in [5, 5.41) is 10.9. The van der Waals surface area contributed by atoms with Crippen LogP contribution in [0.5, 0.6) is 0 Å². The number of aryl methyl sites for hydroxylation is 1. The highest BCUT2D eigenvalue weighted by Gasteiger charge is 2.25. The molecule has 0 aliphatic rings. The van der Waals surface area contributed by atoms with Gasteiger partial charge in [0.1, 0.15) is 6.04 Å². The Balaban J connectivity index is 1.37. The van der Waals surface area contributed by atoms with Gasteiger partial charge in [0.25, 0.3) is 0 Å². The van der Waals surface area contributed by atoms with E-state index in [1.807, 2.05) is 19.9 Å². The summed E-state index contributed by atoms with van der Waals surface area (Å²) in [6, 6.07) is 6.80. The fourth-order valence-corrected chi connectivity index (χ4v) is 2.93. The number of carbonyl (C=O) groups is 1. The van der Waals surface area contributed by atoms with Crippen molar-refractivity contribution >= 4 is 5.91 Å². The number of rotatable bonds is 8. The average molecular weight is 419 g/mol. The van der Waals surface area contributed by atoms with Gasteiger partial charge < -0.3 is 14.4 Å². The second kappa shape index (κ2) is 9.24. The van der Waals surface area contributed by atoms with E-state index in [1.54, 1.807) is 43.0 Å². The maximum absolute atomic E-state index is 12.5. The second-order valence-corrected chi connectivity index (χ2v) is 7.23. The Morgan fingerprint density at radius 2 is 1.74 bits per heavy atom. The van der Waals surface area contributed by atoms with Crippen LogP contribution < -0.4 is 5.32 Å². The first kappa shape index (κ1) is 20.3. The van der Waals surface area contributed by atoms with E-state index in [2.05, 4.69) is 35.6 Å². The predicted molar refractivity (Wildman–Crippen MR) is 109 cm³/mol. The summed E-state index contributed by atoms with van der Waals surface area (Å²) in [5.41, 5.74) is 1.54. The number of nitrogens with one attached hydrogen (secondary N) is 1. The molecule has 1 amide bonds. The second-order valence-electron chi connectivity index (χ2n) is 7.23. The minimum absolute atomic E-state index is 0.0489. The van der Waals surface area contributed by atoms with Crippen molar-refractivity contribution in [1.29, 1.82) is 0 Å². The molecule has 0 aliphatic heterocycles. The molecule has 158 valence electrons. The number of aromatic nitrogens is 6. The highest BCUT2D eigenvalue weighted by molar-refractivity contribution is 5.76. The molecule has 1 atom stereocenters. The van der Waals surface area contributed by atoms with Gasteiger partial charge in [-0.3, -0.25) is 14.8 Å². The van der Waals surface area contributed by atoms with Crippen LogP contribution in [-0.4, -0.2) is 36.2 Å². The zero-order valence-corrected chi connectivity index (χ0v) is 17.1. The van der Waals surface area contributed by atoms with Gasteiger partial charge in [0.2, 0.25) is 29.3 Å². The van der Waals surface area contributed by atoms with Crippen molar-refractivity contribution in [3.05, 3.63) is 60.8 Å². The van der Waals surface area contributed by atoms with Crippen LogP contribution in [0.3, 0.4) is 0 Å². The topological polar surface area (TPSA) is 133 Å². The summed E-state index contributed by atoms with van der Waals surface area (Å²) in [7, 11) is 0. The molecule has 1 N–H and O–H groups in total. The minimum Gasteiger partial charge on any atom is -0.344 e. The van der Waals surface area contributed by atoms with E-state index < -0.39 is 6.04 Å². The van der Waals surface area contributed by atoms with Crippen LogP contribution in [0.4, 0.5) is 0 Å². The third kappa shape index (κ3) is 4.97. The number of hydrogen-bond donors (Lipinski definition) is 1. The highest BCUT2D eigenvalue weighted by Crippen LogP contribution is 2.23. The van der Waals surface area contributed by atoms with Crippen LogP contribution in [0.25, 0.3) is 22.8 Å². The first-order chi connectivity index (χ1) is 15.1. The Labute approximate surface area is 178 Å². The molecule has 0 aromatic carbocycles. The minimum atomic E-state index is -0.416. The summed E-state index contributed by atoms with van der Waals surface area (Å²) >= 11 is 0. The summed E-state index contributed by atoms with van der Waals surface area (Å²) in [6.45, 7) is 3.94. The number of hydrogen-bond acceptors (Lipinski definition) is 9. The third-order valence-corrected chi connectivity index (χ3v) is 4.58. The Morgan fingerprint density at radius 3 is 2.48 bits per heavy atom. The highest BCUT2D eigenvalue weighted by atomic mass is 16.5. The summed E-state index contributed by atoms with van der Waals surface area (Å²) in [4.78, 5) is 29.3. The summed E-state index contributed by atoms with van der Waals surface area (Å²) in [5.74, 6) is 1.50. The number of amides is 1. The fourth-order valence-electron chi connectivity index (χ4n) is 2.93. The van der Waals surface area contributed by atoms with Crippen molar-refractivity contribution in [2.24, 2.45) is 5.92 Å². The zero-order chi connectivity index (χ0) is 21.6. The Kier molecular flexibility index (Phi) is 6.06. The molecule has 1 unspecified atom stereocenters. The van der Waals surface area contributed by atoms with E-state index in [1.165, 1.54) is 0 Å². The van der Waals surface area contributed by atoms with E-state index in [-0.39, 0.29) is 18.2 Å². The molecule has 10 heteroatoms. The number of nitrogens with zero attached hydrogens (tertiary/aromatic N) is 6. The van der Waals surface area contributed by atoms with Gasteiger partial charge in [0.05, 0.1) is 0 Å². The standard InChI is InChI=1S/C21H21N7O3/c1-13(2)18(21-26-20(28-31-21)15-4-3-9-23-12-15)24-16(29)5-6-17-25-19(27-30-17)14-7-10-22-11-8-14/h3-4,7-13,18H,5-6H2,1-2H3,(H,24,29). The predicted octanol–water partition coefficient (Wildman–Crippen LogP) is 3.02. The first-order valence-electron chi connectivity index (χ1n) is 9.86. The Hall–Kier alpha value is -3.95. The molecule has 0 bridgehead atoms. The van der Waals surface area contributed by atoms with Gasteiger partial charge in [0.15, 0.2) is 0 Å². The van der Waals surface area contributed by atoms with Crippen molar-refractivity contribution < 1.29 is 13.8 Å². The number of carbonyl (C=O) groups excluding carboxylic acids is 1. The molecule has 4 aromatic heterocycles. The van der Waals surface area contributed by atoms with Crippen LogP contribution in [0.15, 0.2) is 58.1 Å². The van der Waals surface area contributed by atoms with Crippen molar-refractivity contribution in [3.63, 3.8) is 0 Å². The van der Waals surface area contributed by atoms with Gasteiger partial charge >= 0.3 is 0 Å². The van der Waals surface area contributed by atoms with Crippen molar-refractivity contribution in [1.82, 2.24) is 35.6 Å². The normalized spacial score (nSPS) is 12.1. The lowest BCUT2D eigenvalue weighted by Gasteiger charge is -2.18. The van der Waals surface area contributed by atoms with Gasteiger partial charge in [-0.25, -0.2) is 0 Å². The molecule has 10 nitrogen and oxygen atoms in total. The van der Waals surface area contributed by atoms with E-state index in [4.69, 9.17) is 9.05 Å². The van der Waals surface area contributed by atoms with Crippen molar-refractivity contribution in [2.45, 2.75) is 32.7 Å². The van der Waals surface area contributed by atoms with Crippen LogP contribution >= 0.6 is 0 Å². The molecular weight excluding hydrogens is 398 g/mol. The van der Waals surface area contributed by atoms with Crippen LogP contribution in [0.2, 0.25) is 0 Å².